The standard InChI is InChI=1S/C15H23N3OS/c1-12-10-13(18-8-6-17(2)7-9-18)4-5-14(12)16-15(19)11-20-3/h4-5,10H,6-9,11H2,1-3H3,(H,16,19). The van der Waals surface area contributed by atoms with Gasteiger partial charge in [0.2, 0.25) is 5.91 Å². The van der Waals surface area contributed by atoms with E-state index in [0.717, 1.165) is 37.4 Å². The summed E-state index contributed by atoms with van der Waals surface area (Å²) in [6.07, 6.45) is 1.93. The molecule has 2 rings (SSSR count). The summed E-state index contributed by atoms with van der Waals surface area (Å²) in [5, 5.41) is 2.96. The molecule has 1 aromatic rings. The maximum absolute atomic E-state index is 11.6. The monoisotopic (exact) mass is 293 g/mol. The normalized spacial score (nSPS) is 16.2. The van der Waals surface area contributed by atoms with Crippen molar-refractivity contribution in [3.63, 3.8) is 0 Å². The molecular weight excluding hydrogens is 270 g/mol. The largest absolute Gasteiger partial charge is 0.369 e. The van der Waals surface area contributed by atoms with Crippen LogP contribution in [0.1, 0.15) is 5.56 Å². The van der Waals surface area contributed by atoms with Gasteiger partial charge >= 0.3 is 0 Å². The molecule has 5 heteroatoms. The van der Waals surface area contributed by atoms with Crippen LogP contribution < -0.4 is 10.2 Å². The molecule has 0 aromatic heterocycles. The Morgan fingerprint density at radius 2 is 2.00 bits per heavy atom. The molecule has 1 amide bonds. The zero-order valence-corrected chi connectivity index (χ0v) is 13.3. The predicted molar refractivity (Wildman–Crippen MR) is 87.9 cm³/mol. The van der Waals surface area contributed by atoms with Gasteiger partial charge in [-0.05, 0) is 44.0 Å². The Morgan fingerprint density at radius 3 is 2.60 bits per heavy atom. The number of piperazine rings is 1. The highest BCUT2D eigenvalue weighted by Gasteiger charge is 2.15. The van der Waals surface area contributed by atoms with Crippen molar-refractivity contribution in [1.82, 2.24) is 4.90 Å². The molecule has 1 heterocycles. The first-order valence-electron chi connectivity index (χ1n) is 6.93. The van der Waals surface area contributed by atoms with Crippen LogP contribution >= 0.6 is 11.8 Å². The average molecular weight is 293 g/mol. The number of amides is 1. The van der Waals surface area contributed by atoms with Crippen molar-refractivity contribution in [3.8, 4) is 0 Å². The molecule has 1 aliphatic heterocycles. The molecule has 0 atom stereocenters. The number of benzene rings is 1. The molecule has 1 aliphatic rings. The van der Waals surface area contributed by atoms with Gasteiger partial charge in [0.05, 0.1) is 5.75 Å². The molecule has 1 fully saturated rings. The van der Waals surface area contributed by atoms with E-state index >= 15 is 0 Å². The molecule has 0 unspecified atom stereocenters. The van der Waals surface area contributed by atoms with Gasteiger partial charge in [-0.3, -0.25) is 4.79 Å². The molecule has 0 spiro atoms. The van der Waals surface area contributed by atoms with Gasteiger partial charge in [-0.1, -0.05) is 0 Å². The third-order valence-corrected chi connectivity index (χ3v) is 4.18. The molecule has 0 saturated carbocycles. The van der Waals surface area contributed by atoms with E-state index in [0.29, 0.717) is 5.75 Å². The number of hydrogen-bond acceptors (Lipinski definition) is 4. The first-order valence-corrected chi connectivity index (χ1v) is 8.32. The number of anilines is 2. The Kier molecular flexibility index (Phi) is 5.31. The molecule has 20 heavy (non-hydrogen) atoms. The minimum Gasteiger partial charge on any atom is -0.369 e. The van der Waals surface area contributed by atoms with Gasteiger partial charge in [0, 0.05) is 37.6 Å². The first-order chi connectivity index (χ1) is 9.60. The van der Waals surface area contributed by atoms with Crippen LogP contribution in [0.2, 0.25) is 0 Å². The van der Waals surface area contributed by atoms with Gasteiger partial charge in [0.15, 0.2) is 0 Å². The number of thioether (sulfide) groups is 1. The first kappa shape index (κ1) is 15.2. The second kappa shape index (κ2) is 6.99. The fourth-order valence-corrected chi connectivity index (χ4v) is 2.70. The number of likely N-dealkylation sites (N-methyl/N-ethyl adjacent to an activating group) is 1. The minimum absolute atomic E-state index is 0.0629. The SMILES string of the molecule is CSCC(=O)Nc1ccc(N2CCN(C)CC2)cc1C. The van der Waals surface area contributed by atoms with Crippen LogP contribution in [0.3, 0.4) is 0 Å². The van der Waals surface area contributed by atoms with Crippen LogP contribution in [0.4, 0.5) is 11.4 Å². The van der Waals surface area contributed by atoms with Crippen molar-refractivity contribution in [2.75, 3.05) is 55.5 Å². The second-order valence-corrected chi connectivity index (χ2v) is 6.14. The summed E-state index contributed by atoms with van der Waals surface area (Å²) in [6.45, 7) is 6.38. The van der Waals surface area contributed by atoms with Crippen molar-refractivity contribution in [2.24, 2.45) is 0 Å². The van der Waals surface area contributed by atoms with E-state index in [1.54, 1.807) is 0 Å². The smallest absolute Gasteiger partial charge is 0.234 e. The molecule has 1 aromatic carbocycles. The van der Waals surface area contributed by atoms with E-state index in [9.17, 15) is 4.79 Å². The fourth-order valence-electron chi connectivity index (χ4n) is 2.37. The van der Waals surface area contributed by atoms with Gasteiger partial charge in [-0.25, -0.2) is 0 Å². The Morgan fingerprint density at radius 1 is 1.30 bits per heavy atom. The third kappa shape index (κ3) is 3.90. The molecule has 0 aliphatic carbocycles. The maximum atomic E-state index is 11.6. The summed E-state index contributed by atoms with van der Waals surface area (Å²) in [6, 6.07) is 6.29. The molecule has 1 saturated heterocycles. The van der Waals surface area contributed by atoms with Gasteiger partial charge < -0.3 is 15.1 Å². The molecule has 110 valence electrons. The lowest BCUT2D eigenvalue weighted by Gasteiger charge is -2.34. The van der Waals surface area contributed by atoms with Crippen molar-refractivity contribution in [1.29, 1.82) is 0 Å². The van der Waals surface area contributed by atoms with E-state index in [2.05, 4.69) is 34.3 Å². The quantitative estimate of drug-likeness (QED) is 0.921. The lowest BCUT2D eigenvalue weighted by molar-refractivity contribution is -0.113. The summed E-state index contributed by atoms with van der Waals surface area (Å²) in [7, 11) is 2.16. The molecule has 4 nitrogen and oxygen atoms in total. The summed E-state index contributed by atoms with van der Waals surface area (Å²) in [5.74, 6) is 0.563. The highest BCUT2D eigenvalue weighted by atomic mass is 32.2. The number of carbonyl (C=O) groups excluding carboxylic acids is 1. The maximum Gasteiger partial charge on any atom is 0.234 e. The molecule has 0 bridgehead atoms. The second-order valence-electron chi connectivity index (χ2n) is 5.27. The van der Waals surface area contributed by atoms with Gasteiger partial charge in [0.25, 0.3) is 0 Å². The number of rotatable bonds is 4. The molecule has 0 radical (unpaired) electrons. The predicted octanol–water partition coefficient (Wildman–Crippen LogP) is 2.05. The third-order valence-electron chi connectivity index (χ3n) is 3.63. The van der Waals surface area contributed by atoms with E-state index < -0.39 is 0 Å². The van der Waals surface area contributed by atoms with Crippen LogP contribution in [0.5, 0.6) is 0 Å². The topological polar surface area (TPSA) is 35.6 Å². The molecular formula is C15H23N3OS. The Labute approximate surface area is 125 Å². The zero-order valence-electron chi connectivity index (χ0n) is 12.5. The average Bonchev–Trinajstić information content (AvgIpc) is 2.42. The van der Waals surface area contributed by atoms with E-state index in [1.165, 1.54) is 17.4 Å². The minimum atomic E-state index is 0.0629. The number of aryl methyl sites for hydroxylation is 1. The Bertz CT molecular complexity index is 470. The summed E-state index contributed by atoms with van der Waals surface area (Å²) < 4.78 is 0. The van der Waals surface area contributed by atoms with E-state index in [1.807, 2.05) is 19.2 Å². The highest BCUT2D eigenvalue weighted by molar-refractivity contribution is 7.99. The summed E-state index contributed by atoms with van der Waals surface area (Å²) >= 11 is 1.54. The number of hydrogen-bond donors (Lipinski definition) is 1. The van der Waals surface area contributed by atoms with Gasteiger partial charge in [-0.15, -0.1) is 0 Å². The number of nitrogens with one attached hydrogen (secondary N) is 1. The van der Waals surface area contributed by atoms with Crippen LogP contribution in [-0.2, 0) is 4.79 Å². The number of nitrogens with zero attached hydrogens (tertiary/aromatic N) is 2. The van der Waals surface area contributed by atoms with E-state index in [4.69, 9.17) is 0 Å². The van der Waals surface area contributed by atoms with Crippen molar-refractivity contribution >= 4 is 29.0 Å². The van der Waals surface area contributed by atoms with Crippen LogP contribution in [0.25, 0.3) is 0 Å². The van der Waals surface area contributed by atoms with Crippen molar-refractivity contribution < 1.29 is 4.79 Å². The van der Waals surface area contributed by atoms with Crippen molar-refractivity contribution in [3.05, 3.63) is 23.8 Å². The highest BCUT2D eigenvalue weighted by Crippen LogP contribution is 2.23. The van der Waals surface area contributed by atoms with Gasteiger partial charge in [-0.2, -0.15) is 11.8 Å². The van der Waals surface area contributed by atoms with E-state index in [-0.39, 0.29) is 5.91 Å². The lowest BCUT2D eigenvalue weighted by Crippen LogP contribution is -2.44. The molecule has 1 N–H and O–H groups in total. The van der Waals surface area contributed by atoms with Crippen LogP contribution in [0, 0.1) is 6.92 Å². The Hall–Kier alpha value is -1.20. The summed E-state index contributed by atoms with van der Waals surface area (Å²) in [4.78, 5) is 16.4. The van der Waals surface area contributed by atoms with Crippen LogP contribution in [-0.4, -0.2) is 56.0 Å². The van der Waals surface area contributed by atoms with Gasteiger partial charge in [0.1, 0.15) is 0 Å². The fraction of sp³-hybridized carbons (Fsp3) is 0.533. The number of carbonyl (C=O) groups is 1. The lowest BCUT2D eigenvalue weighted by atomic mass is 10.1. The van der Waals surface area contributed by atoms with Crippen LogP contribution in [0.15, 0.2) is 18.2 Å². The van der Waals surface area contributed by atoms with Crippen molar-refractivity contribution in [2.45, 2.75) is 6.92 Å². The summed E-state index contributed by atoms with van der Waals surface area (Å²) in [5.41, 5.74) is 3.29. The Balaban J connectivity index is 2.03. The zero-order chi connectivity index (χ0) is 14.5.